The number of hydrogen-bond donors (Lipinski definition) is 1. The molecule has 1 aromatic heterocycles. The van der Waals surface area contributed by atoms with E-state index in [1.54, 1.807) is 0 Å². The molecule has 4 rings (SSSR count). The third-order valence-corrected chi connectivity index (χ3v) is 6.92. The Morgan fingerprint density at radius 2 is 1.72 bits per heavy atom. The number of nitrogens with zero attached hydrogens (tertiary/aromatic N) is 4. The molecule has 1 amide bonds. The van der Waals surface area contributed by atoms with Gasteiger partial charge in [-0.25, -0.2) is 0 Å². The van der Waals surface area contributed by atoms with E-state index in [1.165, 1.54) is 50.3 Å². The van der Waals surface area contributed by atoms with E-state index in [0.717, 1.165) is 42.7 Å². The summed E-state index contributed by atoms with van der Waals surface area (Å²) in [4.78, 5) is 15.1. The van der Waals surface area contributed by atoms with Crippen LogP contribution in [0.25, 0.3) is 5.69 Å². The van der Waals surface area contributed by atoms with Gasteiger partial charge in [-0.15, -0.1) is 10.2 Å². The number of benzene rings is 1. The first-order chi connectivity index (χ1) is 14.2. The van der Waals surface area contributed by atoms with Crippen LogP contribution in [0, 0.1) is 0 Å². The van der Waals surface area contributed by atoms with Crippen molar-refractivity contribution in [2.45, 2.75) is 74.7 Å². The highest BCUT2D eigenvalue weighted by atomic mass is 32.2. The van der Waals surface area contributed by atoms with E-state index >= 15 is 0 Å². The Kier molecular flexibility index (Phi) is 6.74. The molecule has 1 aliphatic carbocycles. The number of piperidine rings is 1. The Morgan fingerprint density at radius 1 is 1.03 bits per heavy atom. The van der Waals surface area contributed by atoms with Gasteiger partial charge >= 0.3 is 0 Å². The molecule has 6 nitrogen and oxygen atoms in total. The Labute approximate surface area is 177 Å². The topological polar surface area (TPSA) is 63.1 Å². The van der Waals surface area contributed by atoms with Crippen LogP contribution in [-0.4, -0.2) is 45.1 Å². The van der Waals surface area contributed by atoms with Crippen LogP contribution in [0.2, 0.25) is 0 Å². The van der Waals surface area contributed by atoms with Crippen LogP contribution in [0.1, 0.15) is 58.3 Å². The lowest BCUT2D eigenvalue weighted by atomic mass is 9.95. The summed E-state index contributed by atoms with van der Waals surface area (Å²) in [5.41, 5.74) is 1.04. The second-order valence-electron chi connectivity index (χ2n) is 8.10. The van der Waals surface area contributed by atoms with Crippen LogP contribution in [0.15, 0.2) is 35.5 Å². The summed E-state index contributed by atoms with van der Waals surface area (Å²) in [7, 11) is 0. The lowest BCUT2D eigenvalue weighted by molar-refractivity contribution is -0.121. The van der Waals surface area contributed by atoms with Gasteiger partial charge in [0.1, 0.15) is 0 Å². The summed E-state index contributed by atoms with van der Waals surface area (Å²) < 4.78 is 2.11. The van der Waals surface area contributed by atoms with E-state index in [4.69, 9.17) is 0 Å². The largest absolute Gasteiger partial charge is 0.352 e. The van der Waals surface area contributed by atoms with Gasteiger partial charge in [-0.3, -0.25) is 9.36 Å². The number of nitrogens with one attached hydrogen (secondary N) is 1. The van der Waals surface area contributed by atoms with Gasteiger partial charge < -0.3 is 10.2 Å². The first kappa shape index (κ1) is 20.3. The second kappa shape index (κ2) is 9.65. The lowest BCUT2D eigenvalue weighted by Gasteiger charge is -2.28. The summed E-state index contributed by atoms with van der Waals surface area (Å²) in [6.07, 6.45) is 9.56. The molecule has 7 heteroatoms. The minimum absolute atomic E-state index is 0.101. The molecule has 29 heavy (non-hydrogen) atoms. The average molecular weight is 414 g/mol. The van der Waals surface area contributed by atoms with Gasteiger partial charge in [0.15, 0.2) is 5.16 Å². The highest BCUT2D eigenvalue weighted by molar-refractivity contribution is 8.00. The quantitative estimate of drug-likeness (QED) is 0.720. The molecular weight excluding hydrogens is 382 g/mol. The standard InChI is InChI=1S/C22H31N5OS/c1-17(20(28)23-18-11-5-2-6-12-18)29-22-25-24-21(26-15-9-4-10-16-26)27(22)19-13-7-3-8-14-19/h3,7-8,13-14,17-18H,2,4-6,9-12,15-16H2,1H3,(H,23,28)/t17-/m0/s1. The van der Waals surface area contributed by atoms with Crippen molar-refractivity contribution < 1.29 is 4.79 Å². The molecule has 0 bridgehead atoms. The van der Waals surface area contributed by atoms with Crippen molar-refractivity contribution in [3.63, 3.8) is 0 Å². The van der Waals surface area contributed by atoms with Gasteiger partial charge in [0.25, 0.3) is 0 Å². The molecule has 2 fully saturated rings. The van der Waals surface area contributed by atoms with Crippen LogP contribution in [0.5, 0.6) is 0 Å². The second-order valence-corrected chi connectivity index (χ2v) is 9.41. The Bertz CT molecular complexity index is 797. The molecule has 2 heterocycles. The highest BCUT2D eigenvalue weighted by Crippen LogP contribution is 2.30. The summed E-state index contributed by atoms with van der Waals surface area (Å²) in [5, 5.41) is 12.8. The Balaban J connectivity index is 1.53. The van der Waals surface area contributed by atoms with Crippen LogP contribution in [-0.2, 0) is 4.79 Å². The van der Waals surface area contributed by atoms with Crippen molar-refractivity contribution in [2.75, 3.05) is 18.0 Å². The summed E-state index contributed by atoms with van der Waals surface area (Å²) in [6.45, 7) is 3.98. The normalized spacial score (nSPS) is 19.1. The molecule has 0 unspecified atom stereocenters. The van der Waals surface area contributed by atoms with Crippen LogP contribution in [0.4, 0.5) is 5.95 Å². The molecule has 1 saturated carbocycles. The summed E-state index contributed by atoms with van der Waals surface area (Å²) >= 11 is 1.50. The molecule has 2 aromatic rings. The van der Waals surface area contributed by atoms with Gasteiger partial charge in [-0.2, -0.15) is 0 Å². The lowest BCUT2D eigenvalue weighted by Crippen LogP contribution is -2.40. The molecule has 2 aliphatic rings. The number of carbonyl (C=O) groups excluding carboxylic acids is 1. The van der Waals surface area contributed by atoms with E-state index in [0.29, 0.717) is 6.04 Å². The fourth-order valence-electron chi connectivity index (χ4n) is 4.22. The van der Waals surface area contributed by atoms with Crippen LogP contribution in [0.3, 0.4) is 0 Å². The predicted molar refractivity (Wildman–Crippen MR) is 118 cm³/mol. The number of para-hydroxylation sites is 1. The van der Waals surface area contributed by atoms with Gasteiger partial charge in [0, 0.05) is 19.1 Å². The van der Waals surface area contributed by atoms with E-state index in [1.807, 2.05) is 25.1 Å². The van der Waals surface area contributed by atoms with Crippen molar-refractivity contribution in [3.05, 3.63) is 30.3 Å². The number of aromatic nitrogens is 3. The van der Waals surface area contributed by atoms with Gasteiger partial charge in [0.2, 0.25) is 11.9 Å². The van der Waals surface area contributed by atoms with Crippen molar-refractivity contribution in [1.29, 1.82) is 0 Å². The maximum Gasteiger partial charge on any atom is 0.233 e. The Hall–Kier alpha value is -2.02. The van der Waals surface area contributed by atoms with Crippen molar-refractivity contribution in [3.8, 4) is 5.69 Å². The zero-order valence-corrected chi connectivity index (χ0v) is 18.0. The van der Waals surface area contributed by atoms with Crippen molar-refractivity contribution in [1.82, 2.24) is 20.1 Å². The number of amides is 1. The number of rotatable bonds is 6. The van der Waals surface area contributed by atoms with E-state index < -0.39 is 0 Å². The summed E-state index contributed by atoms with van der Waals surface area (Å²) in [6, 6.07) is 10.6. The number of hydrogen-bond acceptors (Lipinski definition) is 5. The SMILES string of the molecule is C[C@H](Sc1nnc(N2CCCCC2)n1-c1ccccc1)C(=O)NC1CCCCC1. The highest BCUT2D eigenvalue weighted by Gasteiger charge is 2.26. The number of anilines is 1. The Morgan fingerprint density at radius 3 is 2.45 bits per heavy atom. The van der Waals surface area contributed by atoms with E-state index in [9.17, 15) is 4.79 Å². The van der Waals surface area contributed by atoms with Gasteiger partial charge in [-0.1, -0.05) is 49.2 Å². The third-order valence-electron chi connectivity index (χ3n) is 5.87. The molecule has 1 saturated heterocycles. The number of carbonyl (C=O) groups is 1. The summed E-state index contributed by atoms with van der Waals surface area (Å²) in [5.74, 6) is 0.988. The average Bonchev–Trinajstić information content (AvgIpc) is 3.19. The number of thioether (sulfide) groups is 1. The fraction of sp³-hybridized carbons (Fsp3) is 0.591. The van der Waals surface area contributed by atoms with Gasteiger partial charge in [0.05, 0.1) is 10.9 Å². The molecule has 1 N–H and O–H groups in total. The smallest absolute Gasteiger partial charge is 0.233 e. The molecule has 1 aromatic carbocycles. The first-order valence-corrected chi connectivity index (χ1v) is 11.8. The maximum atomic E-state index is 12.8. The zero-order chi connectivity index (χ0) is 20.1. The molecule has 1 atom stereocenters. The first-order valence-electron chi connectivity index (χ1n) is 10.9. The zero-order valence-electron chi connectivity index (χ0n) is 17.2. The van der Waals surface area contributed by atoms with Crippen LogP contribution < -0.4 is 10.2 Å². The minimum Gasteiger partial charge on any atom is -0.352 e. The van der Waals surface area contributed by atoms with Crippen molar-refractivity contribution >= 4 is 23.6 Å². The monoisotopic (exact) mass is 413 g/mol. The van der Waals surface area contributed by atoms with Crippen molar-refractivity contribution in [2.24, 2.45) is 0 Å². The minimum atomic E-state index is -0.210. The predicted octanol–water partition coefficient (Wildman–Crippen LogP) is 4.19. The van der Waals surface area contributed by atoms with Crippen LogP contribution >= 0.6 is 11.8 Å². The fourth-order valence-corrected chi connectivity index (χ4v) is 5.09. The third kappa shape index (κ3) is 4.94. The molecule has 0 spiro atoms. The maximum absolute atomic E-state index is 12.8. The van der Waals surface area contributed by atoms with E-state index in [2.05, 4.69) is 37.1 Å². The van der Waals surface area contributed by atoms with Gasteiger partial charge in [-0.05, 0) is 51.2 Å². The molecular formula is C22H31N5OS. The van der Waals surface area contributed by atoms with E-state index in [-0.39, 0.29) is 11.2 Å². The molecule has 0 radical (unpaired) electrons. The molecule has 156 valence electrons. The molecule has 1 aliphatic heterocycles.